The van der Waals surface area contributed by atoms with Crippen LogP contribution in [0.2, 0.25) is 0 Å². The molecule has 0 spiro atoms. The van der Waals surface area contributed by atoms with Gasteiger partial charge in [-0.2, -0.15) is 13.8 Å². The number of rotatable bonds is 6. The molecule has 0 radical (unpaired) electrons. The van der Waals surface area contributed by atoms with E-state index in [-0.39, 0.29) is 46.2 Å². The van der Waals surface area contributed by atoms with Gasteiger partial charge in [0.1, 0.15) is 17.0 Å². The molecule has 6 nitrogen and oxygen atoms in total. The SMILES string of the molecule is COc1ccnc(C[S+]([O-])c2nc3c(C)c(OC(F)F)c(C)cc3[nH]2)c1C.[NaH]. The van der Waals surface area contributed by atoms with Crippen LogP contribution in [0.15, 0.2) is 23.5 Å². The molecule has 146 valence electrons. The van der Waals surface area contributed by atoms with E-state index in [2.05, 4.69) is 19.7 Å². The third kappa shape index (κ3) is 4.60. The minimum absolute atomic E-state index is 0. The summed E-state index contributed by atoms with van der Waals surface area (Å²) in [6.45, 7) is 2.24. The Morgan fingerprint density at radius 2 is 1.96 bits per heavy atom. The Labute approximate surface area is 186 Å². The molecule has 3 aromatic rings. The van der Waals surface area contributed by atoms with E-state index in [0.29, 0.717) is 33.6 Å². The second-order valence-corrected chi connectivity index (χ2v) is 7.41. The number of nitrogens with one attached hydrogen (secondary N) is 1. The molecule has 1 unspecified atom stereocenters. The van der Waals surface area contributed by atoms with Gasteiger partial charge in [-0.15, -0.1) is 0 Å². The Bertz CT molecular complexity index is 984. The van der Waals surface area contributed by atoms with Crippen molar-refractivity contribution >= 4 is 51.8 Å². The number of ether oxygens (including phenoxy) is 2. The van der Waals surface area contributed by atoms with Crippen LogP contribution in [0.5, 0.6) is 11.5 Å². The summed E-state index contributed by atoms with van der Waals surface area (Å²) in [6.07, 6.45) is 1.60. The maximum absolute atomic E-state index is 12.8. The van der Waals surface area contributed by atoms with E-state index < -0.39 is 17.8 Å². The Morgan fingerprint density at radius 1 is 1.25 bits per heavy atom. The topological polar surface area (TPSA) is 83.1 Å². The minimum atomic E-state index is -2.92. The second-order valence-electron chi connectivity index (χ2n) is 6.04. The van der Waals surface area contributed by atoms with Crippen molar-refractivity contribution in [2.45, 2.75) is 38.3 Å². The predicted molar refractivity (Wildman–Crippen MR) is 105 cm³/mol. The van der Waals surface area contributed by atoms with Crippen LogP contribution in [0.3, 0.4) is 0 Å². The van der Waals surface area contributed by atoms with Gasteiger partial charge in [0.15, 0.2) is 5.75 Å². The predicted octanol–water partition coefficient (Wildman–Crippen LogP) is 3.15. The van der Waals surface area contributed by atoms with Crippen LogP contribution in [0.1, 0.15) is 22.4 Å². The molecule has 2 heterocycles. The first-order chi connectivity index (χ1) is 12.8. The molecule has 0 aliphatic rings. The van der Waals surface area contributed by atoms with E-state index in [1.807, 2.05) is 6.92 Å². The molecule has 1 N–H and O–H groups in total. The van der Waals surface area contributed by atoms with E-state index in [1.165, 1.54) is 0 Å². The third-order valence-electron chi connectivity index (χ3n) is 4.29. The van der Waals surface area contributed by atoms with Gasteiger partial charge in [-0.3, -0.25) is 9.97 Å². The van der Waals surface area contributed by atoms with Gasteiger partial charge in [0.25, 0.3) is 0 Å². The second kappa shape index (κ2) is 9.41. The van der Waals surface area contributed by atoms with E-state index in [9.17, 15) is 13.3 Å². The molecular weight excluding hydrogens is 399 g/mol. The number of aromatic amines is 1. The molecule has 2 aromatic heterocycles. The van der Waals surface area contributed by atoms with Crippen LogP contribution in [0, 0.1) is 20.8 Å². The van der Waals surface area contributed by atoms with Gasteiger partial charge >= 0.3 is 41.3 Å². The number of aryl methyl sites for hydroxylation is 2. The Hall–Kier alpha value is -1.39. The number of pyridine rings is 1. The number of methoxy groups -OCH3 is 1. The number of hydrogen-bond acceptors (Lipinski definition) is 5. The van der Waals surface area contributed by atoms with Crippen LogP contribution in [0.25, 0.3) is 11.0 Å². The first-order valence-corrected chi connectivity index (χ1v) is 9.45. The number of nitrogens with zero attached hydrogens (tertiary/aromatic N) is 2. The van der Waals surface area contributed by atoms with Crippen molar-refractivity contribution in [1.82, 2.24) is 15.0 Å². The average Bonchev–Trinajstić information content (AvgIpc) is 3.04. The monoisotopic (exact) mass is 419 g/mol. The zero-order chi connectivity index (χ0) is 19.7. The Morgan fingerprint density at radius 3 is 2.61 bits per heavy atom. The molecule has 3 rings (SSSR count). The molecule has 10 heteroatoms. The van der Waals surface area contributed by atoms with Crippen molar-refractivity contribution in [2.75, 3.05) is 7.11 Å². The summed E-state index contributed by atoms with van der Waals surface area (Å²) in [4.78, 5) is 11.6. The fraction of sp³-hybridized carbons (Fsp3) is 0.333. The number of alkyl halides is 2. The number of benzene rings is 1. The van der Waals surface area contributed by atoms with Gasteiger partial charge in [-0.1, -0.05) is 0 Å². The zero-order valence-electron chi connectivity index (χ0n) is 15.3. The molecule has 28 heavy (non-hydrogen) atoms. The normalized spacial score (nSPS) is 12.1. The molecule has 0 amide bonds. The summed E-state index contributed by atoms with van der Waals surface area (Å²) in [6, 6.07) is 3.39. The van der Waals surface area contributed by atoms with Gasteiger partial charge in [-0.25, -0.2) is 0 Å². The molecule has 0 bridgehead atoms. The van der Waals surface area contributed by atoms with Crippen LogP contribution in [-0.4, -0.2) is 62.8 Å². The molecule has 0 fully saturated rings. The quantitative estimate of drug-likeness (QED) is 0.490. The Kier molecular flexibility index (Phi) is 7.69. The van der Waals surface area contributed by atoms with Crippen molar-refractivity contribution in [3.63, 3.8) is 0 Å². The van der Waals surface area contributed by atoms with E-state index >= 15 is 0 Å². The Balaban J connectivity index is 0.00000280. The van der Waals surface area contributed by atoms with Gasteiger partial charge in [0.05, 0.1) is 18.3 Å². The average molecular weight is 419 g/mol. The summed E-state index contributed by atoms with van der Waals surface area (Å²) in [5.74, 6) is 0.912. The van der Waals surface area contributed by atoms with Crippen LogP contribution < -0.4 is 9.47 Å². The third-order valence-corrected chi connectivity index (χ3v) is 5.45. The van der Waals surface area contributed by atoms with Gasteiger partial charge in [0, 0.05) is 28.5 Å². The number of hydrogen-bond donors (Lipinski definition) is 1. The molecule has 0 saturated heterocycles. The van der Waals surface area contributed by atoms with Crippen LogP contribution >= 0.6 is 0 Å². The number of H-pyrrole nitrogens is 1. The summed E-state index contributed by atoms with van der Waals surface area (Å²) >= 11 is -1.49. The fourth-order valence-corrected chi connectivity index (χ4v) is 4.03. The maximum atomic E-state index is 12.8. The number of imidazole rings is 1. The fourth-order valence-electron chi connectivity index (χ4n) is 2.94. The molecule has 1 aromatic carbocycles. The first kappa shape index (κ1) is 22.9. The van der Waals surface area contributed by atoms with Gasteiger partial charge < -0.3 is 14.0 Å². The number of halogens is 2. The van der Waals surface area contributed by atoms with E-state index in [0.717, 1.165) is 5.56 Å². The summed E-state index contributed by atoms with van der Waals surface area (Å²) in [7, 11) is 1.56. The van der Waals surface area contributed by atoms with Crippen molar-refractivity contribution < 1.29 is 22.8 Å². The van der Waals surface area contributed by atoms with Crippen molar-refractivity contribution in [1.29, 1.82) is 0 Å². The van der Waals surface area contributed by atoms with E-state index in [4.69, 9.17) is 4.74 Å². The van der Waals surface area contributed by atoms with Gasteiger partial charge in [0.2, 0.25) is 0 Å². The van der Waals surface area contributed by atoms with Crippen molar-refractivity contribution in [2.24, 2.45) is 0 Å². The summed E-state index contributed by atoms with van der Waals surface area (Å²) < 4.78 is 47.9. The first-order valence-electron chi connectivity index (χ1n) is 8.13. The van der Waals surface area contributed by atoms with Crippen molar-refractivity contribution in [3.05, 3.63) is 40.7 Å². The summed E-state index contributed by atoms with van der Waals surface area (Å²) in [5, 5.41) is 0.255. The summed E-state index contributed by atoms with van der Waals surface area (Å²) in [5.41, 5.74) is 3.54. The van der Waals surface area contributed by atoms with Crippen LogP contribution in [-0.2, 0) is 16.9 Å². The number of aromatic nitrogens is 3. The molecule has 0 aliphatic carbocycles. The van der Waals surface area contributed by atoms with Crippen LogP contribution in [0.4, 0.5) is 8.78 Å². The molecule has 0 aliphatic heterocycles. The van der Waals surface area contributed by atoms with Crippen molar-refractivity contribution in [3.8, 4) is 11.5 Å². The molecule has 1 atom stereocenters. The van der Waals surface area contributed by atoms with Gasteiger partial charge in [-0.05, 0) is 38.5 Å². The van der Waals surface area contributed by atoms with E-state index in [1.54, 1.807) is 39.3 Å². The standard InChI is InChI=1S/C18H19F2N3O3S.Na.H/c1-9-7-12-15(11(3)16(9)26-17(19)20)23-18(22-12)27(24)8-13-10(2)14(25-4)5-6-21-13;;/h5-7,17H,8H2,1-4H3,(H,22,23);;. The zero-order valence-corrected chi connectivity index (χ0v) is 16.1. The molecular formula is C18H20F2N3NaO3S. The number of fused-ring (bicyclic) bond motifs is 1. The molecule has 0 saturated carbocycles.